The smallest absolute Gasteiger partial charge is 0.0647 e. The number of alkyl halides is 2. The predicted molar refractivity (Wildman–Crippen MR) is 56.1 cm³/mol. The Morgan fingerprint density at radius 2 is 1.64 bits per heavy atom. The molecule has 1 aromatic heterocycles. The van der Waals surface area contributed by atoms with Gasteiger partial charge in [0.05, 0.1) is 23.1 Å². The Balaban J connectivity index is 3.02. The van der Waals surface area contributed by atoms with Gasteiger partial charge in [0.1, 0.15) is 0 Å². The van der Waals surface area contributed by atoms with Gasteiger partial charge in [-0.15, -0.1) is 23.2 Å². The van der Waals surface area contributed by atoms with E-state index in [1.807, 2.05) is 12.1 Å². The van der Waals surface area contributed by atoms with Gasteiger partial charge in [0, 0.05) is 3.57 Å². The van der Waals surface area contributed by atoms with E-state index in [4.69, 9.17) is 23.2 Å². The minimum atomic E-state index is 0.445. The molecule has 1 aromatic rings. The highest BCUT2D eigenvalue weighted by atomic mass is 127. The van der Waals surface area contributed by atoms with Crippen molar-refractivity contribution in [2.45, 2.75) is 11.8 Å². The Morgan fingerprint density at radius 1 is 1.18 bits per heavy atom. The fourth-order valence-electron chi connectivity index (χ4n) is 0.746. The van der Waals surface area contributed by atoms with E-state index in [1.54, 1.807) is 0 Å². The third-order valence-corrected chi connectivity index (χ3v) is 2.34. The average molecular weight is 302 g/mol. The second-order valence-corrected chi connectivity index (χ2v) is 3.82. The van der Waals surface area contributed by atoms with Gasteiger partial charge in [0.15, 0.2) is 0 Å². The summed E-state index contributed by atoms with van der Waals surface area (Å²) < 4.78 is 1.13. The molecule has 0 unspecified atom stereocenters. The fraction of sp³-hybridized carbons (Fsp3) is 0.286. The first-order valence-corrected chi connectivity index (χ1v) is 5.18. The summed E-state index contributed by atoms with van der Waals surface area (Å²) in [4.78, 5) is 4.20. The van der Waals surface area contributed by atoms with Crippen LogP contribution in [-0.4, -0.2) is 4.98 Å². The van der Waals surface area contributed by atoms with Crippen molar-refractivity contribution in [1.82, 2.24) is 4.98 Å². The van der Waals surface area contributed by atoms with E-state index in [9.17, 15) is 0 Å². The third-order valence-electron chi connectivity index (χ3n) is 1.17. The van der Waals surface area contributed by atoms with Crippen molar-refractivity contribution >= 4 is 45.8 Å². The standard InChI is InChI=1S/C7H6Cl2IN/c8-3-6-1-5(10)2-7(4-9)11-6/h1-2H,3-4H2. The van der Waals surface area contributed by atoms with Gasteiger partial charge >= 0.3 is 0 Å². The minimum absolute atomic E-state index is 0.445. The topological polar surface area (TPSA) is 12.9 Å². The molecule has 4 heteroatoms. The van der Waals surface area contributed by atoms with Gasteiger partial charge in [-0.3, -0.25) is 4.98 Å². The van der Waals surface area contributed by atoms with Crippen molar-refractivity contribution in [2.24, 2.45) is 0 Å². The summed E-state index contributed by atoms with van der Waals surface area (Å²) in [7, 11) is 0. The molecular weight excluding hydrogens is 296 g/mol. The lowest BCUT2D eigenvalue weighted by Crippen LogP contribution is -1.92. The van der Waals surface area contributed by atoms with Gasteiger partial charge < -0.3 is 0 Å². The number of rotatable bonds is 2. The molecule has 0 radical (unpaired) electrons. The molecule has 0 amide bonds. The Labute approximate surface area is 89.2 Å². The predicted octanol–water partition coefficient (Wildman–Crippen LogP) is 3.16. The Kier molecular flexibility index (Phi) is 3.89. The van der Waals surface area contributed by atoms with Gasteiger partial charge in [-0.05, 0) is 34.7 Å². The van der Waals surface area contributed by atoms with Crippen LogP contribution in [0.15, 0.2) is 12.1 Å². The molecule has 1 nitrogen and oxygen atoms in total. The molecule has 60 valence electrons. The van der Waals surface area contributed by atoms with Crippen molar-refractivity contribution in [3.05, 3.63) is 27.1 Å². The fourth-order valence-corrected chi connectivity index (χ4v) is 1.74. The summed E-state index contributed by atoms with van der Waals surface area (Å²) in [5.74, 6) is 0.890. The first-order chi connectivity index (χ1) is 5.26. The normalized spacial score (nSPS) is 10.1. The molecule has 0 N–H and O–H groups in total. The van der Waals surface area contributed by atoms with E-state index in [-0.39, 0.29) is 0 Å². The molecule has 0 saturated heterocycles. The Bertz CT molecular complexity index is 230. The molecule has 0 aromatic carbocycles. The molecule has 1 rings (SSSR count). The minimum Gasteiger partial charge on any atom is -0.255 e. The number of aromatic nitrogens is 1. The maximum absolute atomic E-state index is 5.62. The first kappa shape index (κ1) is 9.55. The summed E-state index contributed by atoms with van der Waals surface area (Å²) in [5.41, 5.74) is 1.77. The second kappa shape index (κ2) is 4.48. The van der Waals surface area contributed by atoms with E-state index in [1.165, 1.54) is 0 Å². The zero-order valence-corrected chi connectivity index (χ0v) is 9.32. The van der Waals surface area contributed by atoms with Gasteiger partial charge in [-0.25, -0.2) is 0 Å². The molecule has 0 aliphatic carbocycles. The van der Waals surface area contributed by atoms with E-state index in [0.29, 0.717) is 11.8 Å². The third kappa shape index (κ3) is 2.76. The van der Waals surface area contributed by atoms with Gasteiger partial charge in [-0.1, -0.05) is 0 Å². The van der Waals surface area contributed by atoms with Crippen LogP contribution in [0.2, 0.25) is 0 Å². The lowest BCUT2D eigenvalue weighted by molar-refractivity contribution is 1.08. The van der Waals surface area contributed by atoms with E-state index in [0.717, 1.165) is 15.0 Å². The maximum atomic E-state index is 5.62. The second-order valence-electron chi connectivity index (χ2n) is 2.04. The van der Waals surface area contributed by atoms with Gasteiger partial charge in [-0.2, -0.15) is 0 Å². The number of pyridine rings is 1. The van der Waals surface area contributed by atoms with Crippen molar-refractivity contribution < 1.29 is 0 Å². The molecule has 0 fully saturated rings. The summed E-state index contributed by atoms with van der Waals surface area (Å²) in [6, 6.07) is 3.90. The summed E-state index contributed by atoms with van der Waals surface area (Å²) in [5, 5.41) is 0. The summed E-state index contributed by atoms with van der Waals surface area (Å²) in [6.45, 7) is 0. The molecule has 0 saturated carbocycles. The van der Waals surface area contributed by atoms with Crippen LogP contribution in [0.3, 0.4) is 0 Å². The molecule has 11 heavy (non-hydrogen) atoms. The van der Waals surface area contributed by atoms with Crippen LogP contribution in [0.5, 0.6) is 0 Å². The number of nitrogens with zero attached hydrogens (tertiary/aromatic N) is 1. The lowest BCUT2D eigenvalue weighted by atomic mass is 10.3. The zero-order chi connectivity index (χ0) is 8.27. The molecule has 0 aliphatic heterocycles. The first-order valence-electron chi connectivity index (χ1n) is 3.03. The Hall–Kier alpha value is 0.460. The number of hydrogen-bond donors (Lipinski definition) is 0. The van der Waals surface area contributed by atoms with Crippen LogP contribution in [0, 0.1) is 3.57 Å². The van der Waals surface area contributed by atoms with Crippen molar-refractivity contribution in [3.63, 3.8) is 0 Å². The number of halogens is 3. The average Bonchev–Trinajstić information content (AvgIpc) is 2.03. The Morgan fingerprint density at radius 3 is 2.00 bits per heavy atom. The summed E-state index contributed by atoms with van der Waals surface area (Å²) in [6.07, 6.45) is 0. The largest absolute Gasteiger partial charge is 0.255 e. The van der Waals surface area contributed by atoms with Crippen LogP contribution in [0.1, 0.15) is 11.4 Å². The maximum Gasteiger partial charge on any atom is 0.0647 e. The monoisotopic (exact) mass is 301 g/mol. The van der Waals surface area contributed by atoms with E-state index < -0.39 is 0 Å². The molecule has 0 atom stereocenters. The van der Waals surface area contributed by atoms with Crippen molar-refractivity contribution in [1.29, 1.82) is 0 Å². The quantitative estimate of drug-likeness (QED) is 0.604. The molecular formula is C7H6Cl2IN. The highest BCUT2D eigenvalue weighted by Crippen LogP contribution is 2.11. The molecule has 0 bridgehead atoms. The zero-order valence-electron chi connectivity index (χ0n) is 5.65. The van der Waals surface area contributed by atoms with Crippen LogP contribution in [0.25, 0.3) is 0 Å². The van der Waals surface area contributed by atoms with E-state index >= 15 is 0 Å². The SMILES string of the molecule is ClCc1cc(I)cc(CCl)n1. The molecule has 0 spiro atoms. The van der Waals surface area contributed by atoms with Crippen LogP contribution in [-0.2, 0) is 11.8 Å². The lowest BCUT2D eigenvalue weighted by Gasteiger charge is -1.99. The van der Waals surface area contributed by atoms with Crippen LogP contribution in [0.4, 0.5) is 0 Å². The summed E-state index contributed by atoms with van der Waals surface area (Å²) >= 11 is 13.5. The number of hydrogen-bond acceptors (Lipinski definition) is 1. The van der Waals surface area contributed by atoms with Gasteiger partial charge in [0.2, 0.25) is 0 Å². The molecule has 1 heterocycles. The van der Waals surface area contributed by atoms with E-state index in [2.05, 4.69) is 27.6 Å². The highest BCUT2D eigenvalue weighted by Gasteiger charge is 1.98. The van der Waals surface area contributed by atoms with Crippen LogP contribution < -0.4 is 0 Å². The molecule has 0 aliphatic rings. The van der Waals surface area contributed by atoms with Gasteiger partial charge in [0.25, 0.3) is 0 Å². The van der Waals surface area contributed by atoms with Crippen LogP contribution >= 0.6 is 45.8 Å². The van der Waals surface area contributed by atoms with Crippen molar-refractivity contribution in [3.8, 4) is 0 Å². The highest BCUT2D eigenvalue weighted by molar-refractivity contribution is 14.1. The van der Waals surface area contributed by atoms with Crippen molar-refractivity contribution in [2.75, 3.05) is 0 Å².